The molecule has 0 bridgehead atoms. The Morgan fingerprint density at radius 1 is 1.06 bits per heavy atom. The molecule has 0 spiro atoms. The van der Waals surface area contributed by atoms with Crippen molar-refractivity contribution in [2.24, 2.45) is 0 Å². The van der Waals surface area contributed by atoms with Gasteiger partial charge in [-0.2, -0.15) is 13.2 Å². The Morgan fingerprint density at radius 3 is 2.00 bits per heavy atom. The predicted octanol–water partition coefficient (Wildman–Crippen LogP) is 5.36. The van der Waals surface area contributed by atoms with E-state index in [0.717, 1.165) is 12.3 Å². The van der Waals surface area contributed by atoms with Crippen molar-refractivity contribution >= 4 is 0 Å². The lowest BCUT2D eigenvalue weighted by Gasteiger charge is -2.25. The van der Waals surface area contributed by atoms with Gasteiger partial charge in [0.2, 0.25) is 0 Å². The van der Waals surface area contributed by atoms with Crippen LogP contribution < -0.4 is 0 Å². The molecule has 0 heterocycles. The van der Waals surface area contributed by atoms with Gasteiger partial charge in [-0.1, -0.05) is 46.8 Å². The van der Waals surface area contributed by atoms with Crippen molar-refractivity contribution in [3.63, 3.8) is 0 Å². The minimum atomic E-state index is -4.30. The van der Waals surface area contributed by atoms with Gasteiger partial charge in [0.15, 0.2) is 0 Å². The molecule has 0 aromatic heterocycles. The first-order valence-electron chi connectivity index (χ1n) is 6.12. The molecule has 0 nitrogen and oxygen atoms in total. The summed E-state index contributed by atoms with van der Waals surface area (Å²) in [5, 5.41) is 0. The smallest absolute Gasteiger partial charge is 0.166 e. The summed E-state index contributed by atoms with van der Waals surface area (Å²) in [6.07, 6.45) is -3.54. The molecule has 0 amide bonds. The van der Waals surface area contributed by atoms with Crippen LogP contribution >= 0.6 is 0 Å². The van der Waals surface area contributed by atoms with E-state index < -0.39 is 17.2 Å². The maximum absolute atomic E-state index is 13.1. The Morgan fingerprint density at radius 2 is 1.61 bits per heavy atom. The Balaban J connectivity index is 3.40. The summed E-state index contributed by atoms with van der Waals surface area (Å²) in [6, 6.07) is 4.67. The van der Waals surface area contributed by atoms with Gasteiger partial charge in [-0.05, 0) is 29.0 Å². The number of benzene rings is 1. The summed E-state index contributed by atoms with van der Waals surface area (Å²) in [7, 11) is 0. The molecule has 0 unspecified atom stereocenters. The van der Waals surface area contributed by atoms with Crippen molar-refractivity contribution in [2.75, 3.05) is 0 Å². The van der Waals surface area contributed by atoms with E-state index in [1.54, 1.807) is 32.9 Å². The molecule has 1 aromatic rings. The fourth-order valence-electron chi connectivity index (χ4n) is 1.90. The molecule has 0 aliphatic carbocycles. The molecule has 1 radical (unpaired) electrons. The fourth-order valence-corrected chi connectivity index (χ4v) is 1.90. The van der Waals surface area contributed by atoms with E-state index >= 15 is 0 Å². The lowest BCUT2D eigenvalue weighted by molar-refractivity contribution is -0.138. The van der Waals surface area contributed by atoms with Crippen LogP contribution in [0, 0.1) is 5.92 Å². The Kier molecular flexibility index (Phi) is 4.14. The average Bonchev–Trinajstić information content (AvgIpc) is 2.24. The van der Waals surface area contributed by atoms with Crippen LogP contribution in [0.2, 0.25) is 0 Å². The Hall–Kier alpha value is -0.990. The lowest BCUT2D eigenvalue weighted by Crippen LogP contribution is -2.20. The van der Waals surface area contributed by atoms with Gasteiger partial charge in [-0.15, -0.1) is 0 Å². The van der Waals surface area contributed by atoms with Crippen molar-refractivity contribution in [1.29, 1.82) is 0 Å². The normalized spacial score (nSPS) is 13.2. The molecule has 0 fully saturated rings. The van der Waals surface area contributed by atoms with Crippen LogP contribution in [0.15, 0.2) is 18.2 Å². The number of alkyl halides is 3. The zero-order valence-corrected chi connectivity index (χ0v) is 11.6. The Labute approximate surface area is 107 Å². The van der Waals surface area contributed by atoms with E-state index in [2.05, 4.69) is 0 Å². The molecule has 0 N–H and O–H groups in total. The molecule has 3 heteroatoms. The zero-order chi connectivity index (χ0) is 14.1. The molecule has 1 rings (SSSR count). The third-order valence-electron chi connectivity index (χ3n) is 3.16. The number of halogens is 3. The van der Waals surface area contributed by atoms with Crippen LogP contribution in [0.25, 0.3) is 0 Å². The fraction of sp³-hybridized carbons (Fsp3) is 0.533. The van der Waals surface area contributed by atoms with Crippen LogP contribution in [0.3, 0.4) is 0 Å². The molecule has 18 heavy (non-hydrogen) atoms. The average molecular weight is 257 g/mol. The molecule has 0 saturated carbocycles. The second kappa shape index (κ2) is 4.94. The maximum atomic E-state index is 13.1. The van der Waals surface area contributed by atoms with Crippen molar-refractivity contribution < 1.29 is 13.2 Å². The van der Waals surface area contributed by atoms with E-state index in [4.69, 9.17) is 0 Å². The largest absolute Gasteiger partial charge is 0.416 e. The molecule has 0 atom stereocenters. The van der Waals surface area contributed by atoms with E-state index in [1.807, 2.05) is 13.8 Å². The van der Waals surface area contributed by atoms with E-state index in [0.29, 0.717) is 11.1 Å². The van der Waals surface area contributed by atoms with Crippen LogP contribution in [0.4, 0.5) is 13.2 Å². The third kappa shape index (κ3) is 3.27. The molecular weight excluding hydrogens is 237 g/mol. The minimum absolute atomic E-state index is 0.350. The van der Waals surface area contributed by atoms with Gasteiger partial charge in [0.1, 0.15) is 0 Å². The van der Waals surface area contributed by atoms with Gasteiger partial charge in [-0.3, -0.25) is 0 Å². The zero-order valence-electron chi connectivity index (χ0n) is 11.6. The van der Waals surface area contributed by atoms with Crippen LogP contribution in [-0.4, -0.2) is 0 Å². The van der Waals surface area contributed by atoms with E-state index in [-0.39, 0.29) is 0 Å². The van der Waals surface area contributed by atoms with Crippen LogP contribution in [0.5, 0.6) is 0 Å². The standard InChI is InChI=1S/C15H20F3/c1-6-10(2)11-7-8-12(14(3,4)5)13(9-11)15(16,17)18/h7-9H,6H2,1-5H3. The molecule has 1 aromatic carbocycles. The molecular formula is C15H20F3. The molecule has 0 aliphatic rings. The summed E-state index contributed by atoms with van der Waals surface area (Å²) in [5.74, 6) is 0.973. The lowest BCUT2D eigenvalue weighted by atomic mass is 9.81. The second-order valence-electron chi connectivity index (χ2n) is 5.64. The number of hydrogen-bond donors (Lipinski definition) is 0. The summed E-state index contributed by atoms with van der Waals surface area (Å²) in [4.78, 5) is 0. The maximum Gasteiger partial charge on any atom is 0.416 e. The quantitative estimate of drug-likeness (QED) is 0.669. The van der Waals surface area contributed by atoms with Gasteiger partial charge >= 0.3 is 6.18 Å². The van der Waals surface area contributed by atoms with Crippen molar-refractivity contribution in [3.05, 3.63) is 40.8 Å². The highest BCUT2D eigenvalue weighted by molar-refractivity contribution is 5.42. The molecule has 101 valence electrons. The van der Waals surface area contributed by atoms with Crippen molar-refractivity contribution in [2.45, 2.75) is 52.6 Å². The van der Waals surface area contributed by atoms with Gasteiger partial charge < -0.3 is 0 Å². The topological polar surface area (TPSA) is 0 Å². The highest BCUT2D eigenvalue weighted by Crippen LogP contribution is 2.39. The highest BCUT2D eigenvalue weighted by atomic mass is 19.4. The summed E-state index contributed by atoms with van der Waals surface area (Å²) in [6.45, 7) is 9.21. The van der Waals surface area contributed by atoms with Crippen LogP contribution in [0.1, 0.15) is 57.7 Å². The van der Waals surface area contributed by atoms with Gasteiger partial charge in [0.05, 0.1) is 5.56 Å². The summed E-state index contributed by atoms with van der Waals surface area (Å²) >= 11 is 0. The molecule has 0 aliphatic heterocycles. The van der Waals surface area contributed by atoms with Gasteiger partial charge in [-0.25, -0.2) is 0 Å². The number of rotatable bonds is 2. The van der Waals surface area contributed by atoms with Crippen molar-refractivity contribution in [3.8, 4) is 0 Å². The van der Waals surface area contributed by atoms with E-state index in [9.17, 15) is 13.2 Å². The predicted molar refractivity (Wildman–Crippen MR) is 68.5 cm³/mol. The number of hydrogen-bond acceptors (Lipinski definition) is 0. The van der Waals surface area contributed by atoms with Gasteiger partial charge in [0.25, 0.3) is 0 Å². The highest BCUT2D eigenvalue weighted by Gasteiger charge is 2.36. The van der Waals surface area contributed by atoms with Crippen molar-refractivity contribution in [1.82, 2.24) is 0 Å². The van der Waals surface area contributed by atoms with Gasteiger partial charge in [0, 0.05) is 5.92 Å². The first-order valence-corrected chi connectivity index (χ1v) is 6.12. The molecule has 0 saturated heterocycles. The Bertz CT molecular complexity index is 411. The third-order valence-corrected chi connectivity index (χ3v) is 3.16. The SMILES string of the molecule is CC[C](C)c1ccc(C(C)(C)C)c(C(F)(F)F)c1. The second-order valence-corrected chi connectivity index (χ2v) is 5.64. The van der Waals surface area contributed by atoms with E-state index in [1.165, 1.54) is 6.07 Å². The minimum Gasteiger partial charge on any atom is -0.166 e. The summed E-state index contributed by atoms with van der Waals surface area (Å²) in [5.41, 5.74) is 0.00420. The summed E-state index contributed by atoms with van der Waals surface area (Å²) < 4.78 is 39.4. The monoisotopic (exact) mass is 257 g/mol. The first-order chi connectivity index (χ1) is 8.07. The van der Waals surface area contributed by atoms with Crippen LogP contribution in [-0.2, 0) is 11.6 Å². The first kappa shape index (κ1) is 15.1.